The number of nitrogens with one attached hydrogen (secondary N) is 1. The van der Waals surface area contributed by atoms with E-state index in [9.17, 15) is 8.42 Å². The Morgan fingerprint density at radius 2 is 2.16 bits per heavy atom. The molecule has 4 N–H and O–H groups in total. The Labute approximate surface area is 119 Å². The molecule has 19 heavy (non-hydrogen) atoms. The zero-order valence-corrected chi connectivity index (χ0v) is 13.0. The van der Waals surface area contributed by atoms with Gasteiger partial charge in [-0.1, -0.05) is 24.2 Å². The molecule has 0 saturated carbocycles. The summed E-state index contributed by atoms with van der Waals surface area (Å²) in [4.78, 5) is 0. The molecule has 0 aliphatic carbocycles. The van der Waals surface area contributed by atoms with Crippen molar-refractivity contribution < 1.29 is 13.6 Å². The van der Waals surface area contributed by atoms with E-state index in [0.717, 1.165) is 4.68 Å². The van der Waals surface area contributed by atoms with E-state index in [0.29, 0.717) is 0 Å². The van der Waals surface area contributed by atoms with E-state index in [1.807, 2.05) is 0 Å². The van der Waals surface area contributed by atoms with Crippen molar-refractivity contribution in [2.75, 3.05) is 0 Å². The van der Waals surface area contributed by atoms with Gasteiger partial charge in [0.05, 0.1) is 6.04 Å². The van der Waals surface area contributed by atoms with E-state index in [2.05, 4.69) is 36.1 Å². The summed E-state index contributed by atoms with van der Waals surface area (Å²) in [5, 5.41) is 18.6. The van der Waals surface area contributed by atoms with Gasteiger partial charge in [0.25, 0.3) is 10.0 Å². The summed E-state index contributed by atoms with van der Waals surface area (Å²) in [6, 6.07) is -0.836. The molecule has 1 heterocycles. The summed E-state index contributed by atoms with van der Waals surface area (Å²) in [5.41, 5.74) is 5.48. The predicted molar refractivity (Wildman–Crippen MR) is 71.1 cm³/mol. The monoisotopic (exact) mass is 354 g/mol. The van der Waals surface area contributed by atoms with Gasteiger partial charge in [-0.2, -0.15) is 4.72 Å². The third-order valence-corrected chi connectivity index (χ3v) is 4.70. The molecule has 1 aromatic rings. The number of aryl methyl sites for hydroxylation is 1. The van der Waals surface area contributed by atoms with Crippen LogP contribution in [0.3, 0.4) is 0 Å². The maximum atomic E-state index is 12.2. The molecule has 0 saturated heterocycles. The molecule has 108 valence electrons. The fourth-order valence-electron chi connectivity index (χ4n) is 1.43. The minimum Gasteiger partial charge on any atom is -0.409 e. The fraction of sp³-hybridized carbons (Fsp3) is 0.625. The van der Waals surface area contributed by atoms with Gasteiger partial charge in [0.15, 0.2) is 10.4 Å². The van der Waals surface area contributed by atoms with Crippen molar-refractivity contribution in [3.8, 4) is 0 Å². The maximum Gasteiger partial charge on any atom is 0.261 e. The van der Waals surface area contributed by atoms with Gasteiger partial charge in [0, 0.05) is 7.05 Å². The minimum absolute atomic E-state index is 0.0875. The van der Waals surface area contributed by atoms with Crippen molar-refractivity contribution in [2.24, 2.45) is 23.9 Å². The van der Waals surface area contributed by atoms with E-state index in [1.165, 1.54) is 7.05 Å². The highest BCUT2D eigenvalue weighted by Crippen LogP contribution is 2.18. The molecule has 1 rings (SSSR count). The van der Waals surface area contributed by atoms with E-state index in [1.54, 1.807) is 13.8 Å². The summed E-state index contributed by atoms with van der Waals surface area (Å²) in [6.07, 6.45) is 0. The highest BCUT2D eigenvalue weighted by Gasteiger charge is 2.30. The molecule has 0 fully saturated rings. The average molecular weight is 355 g/mol. The van der Waals surface area contributed by atoms with Crippen molar-refractivity contribution in [3.63, 3.8) is 0 Å². The SMILES string of the molecule is CC(C)C(NS(=O)(=O)c1c(Br)nnn1C)C(N)=NO. The highest BCUT2D eigenvalue weighted by atomic mass is 79.9. The fourth-order valence-corrected chi connectivity index (χ4v) is 3.88. The first-order valence-electron chi connectivity index (χ1n) is 5.25. The maximum absolute atomic E-state index is 12.2. The molecule has 0 bridgehead atoms. The number of sulfonamides is 1. The standard InChI is InChI=1S/C8H15BrN6O3S/c1-4(2)5(7(10)12-16)13-19(17,18)8-6(9)11-14-15(8)3/h4-5,13,16H,1-3H3,(H2,10,12). The molecule has 9 nitrogen and oxygen atoms in total. The summed E-state index contributed by atoms with van der Waals surface area (Å²) < 4.78 is 28.0. The first-order valence-corrected chi connectivity index (χ1v) is 7.53. The largest absolute Gasteiger partial charge is 0.409 e. The van der Waals surface area contributed by atoms with Crippen molar-refractivity contribution >= 4 is 31.8 Å². The molecule has 1 aromatic heterocycles. The van der Waals surface area contributed by atoms with Crippen LogP contribution in [0, 0.1) is 5.92 Å². The smallest absolute Gasteiger partial charge is 0.261 e. The number of hydrogen-bond donors (Lipinski definition) is 3. The minimum atomic E-state index is -3.91. The lowest BCUT2D eigenvalue weighted by atomic mass is 10.1. The van der Waals surface area contributed by atoms with Crippen LogP contribution in [0.4, 0.5) is 0 Å². The Balaban J connectivity index is 3.16. The van der Waals surface area contributed by atoms with Gasteiger partial charge in [-0.05, 0) is 21.8 Å². The molecular weight excluding hydrogens is 340 g/mol. The second kappa shape index (κ2) is 5.84. The summed E-state index contributed by atoms with van der Waals surface area (Å²) in [5.74, 6) is -0.421. The summed E-state index contributed by atoms with van der Waals surface area (Å²) >= 11 is 3.01. The van der Waals surface area contributed by atoms with Crippen molar-refractivity contribution in [2.45, 2.75) is 24.9 Å². The van der Waals surface area contributed by atoms with Crippen LogP contribution in [-0.4, -0.2) is 40.5 Å². The lowest BCUT2D eigenvalue weighted by Gasteiger charge is -2.20. The van der Waals surface area contributed by atoms with Crippen LogP contribution in [0.25, 0.3) is 0 Å². The number of amidine groups is 1. The van der Waals surface area contributed by atoms with Gasteiger partial charge in [-0.25, -0.2) is 13.1 Å². The van der Waals surface area contributed by atoms with Crippen LogP contribution in [-0.2, 0) is 17.1 Å². The number of nitrogens with zero attached hydrogens (tertiary/aromatic N) is 4. The quantitative estimate of drug-likeness (QED) is 0.285. The lowest BCUT2D eigenvalue weighted by molar-refractivity contribution is 0.313. The Morgan fingerprint density at radius 1 is 1.58 bits per heavy atom. The van der Waals surface area contributed by atoms with Crippen molar-refractivity contribution in [1.82, 2.24) is 19.7 Å². The first kappa shape index (κ1) is 15.9. The molecular formula is C8H15BrN6O3S. The molecule has 0 aliphatic rings. The molecule has 0 spiro atoms. The van der Waals surface area contributed by atoms with Crippen LogP contribution in [0.1, 0.15) is 13.8 Å². The second-order valence-electron chi connectivity index (χ2n) is 4.18. The summed E-state index contributed by atoms with van der Waals surface area (Å²) in [7, 11) is -2.46. The lowest BCUT2D eigenvalue weighted by Crippen LogP contribution is -2.48. The van der Waals surface area contributed by atoms with E-state index in [4.69, 9.17) is 10.9 Å². The molecule has 0 radical (unpaired) electrons. The number of nitrogens with two attached hydrogens (primary N) is 1. The second-order valence-corrected chi connectivity index (χ2v) is 6.56. The van der Waals surface area contributed by atoms with Crippen LogP contribution >= 0.6 is 15.9 Å². The van der Waals surface area contributed by atoms with Gasteiger partial charge in [0.2, 0.25) is 5.03 Å². The summed E-state index contributed by atoms with van der Waals surface area (Å²) in [6.45, 7) is 3.48. The van der Waals surface area contributed by atoms with Crippen LogP contribution in [0.2, 0.25) is 0 Å². The van der Waals surface area contributed by atoms with Gasteiger partial charge in [-0.15, -0.1) is 5.10 Å². The van der Waals surface area contributed by atoms with Gasteiger partial charge < -0.3 is 10.9 Å². The number of aromatic nitrogens is 3. The molecule has 1 unspecified atom stereocenters. The van der Waals surface area contributed by atoms with E-state index >= 15 is 0 Å². The average Bonchev–Trinajstić information content (AvgIpc) is 2.65. The number of rotatable bonds is 5. The third kappa shape index (κ3) is 3.42. The predicted octanol–water partition coefficient (Wildman–Crippen LogP) is -0.373. The number of halogens is 1. The Morgan fingerprint density at radius 3 is 2.53 bits per heavy atom. The normalized spacial score (nSPS) is 14.9. The Kier molecular flexibility index (Phi) is 4.87. The molecule has 11 heteroatoms. The van der Waals surface area contributed by atoms with Gasteiger partial charge in [-0.3, -0.25) is 0 Å². The Bertz CT molecular complexity index is 562. The molecule has 0 amide bonds. The van der Waals surface area contributed by atoms with E-state index < -0.39 is 16.1 Å². The van der Waals surface area contributed by atoms with Crippen LogP contribution < -0.4 is 10.5 Å². The van der Waals surface area contributed by atoms with Crippen molar-refractivity contribution in [3.05, 3.63) is 4.60 Å². The van der Waals surface area contributed by atoms with Gasteiger partial charge in [0.1, 0.15) is 0 Å². The van der Waals surface area contributed by atoms with E-state index in [-0.39, 0.29) is 21.4 Å². The zero-order valence-electron chi connectivity index (χ0n) is 10.6. The highest BCUT2D eigenvalue weighted by molar-refractivity contribution is 9.10. The van der Waals surface area contributed by atoms with Crippen LogP contribution in [0.5, 0.6) is 0 Å². The molecule has 0 aliphatic heterocycles. The Hall–Kier alpha value is -1.20. The van der Waals surface area contributed by atoms with Crippen LogP contribution in [0.15, 0.2) is 14.8 Å². The van der Waals surface area contributed by atoms with Gasteiger partial charge >= 0.3 is 0 Å². The number of hydrogen-bond acceptors (Lipinski definition) is 6. The third-order valence-electron chi connectivity index (χ3n) is 2.37. The topological polar surface area (TPSA) is 135 Å². The zero-order chi connectivity index (χ0) is 14.8. The molecule has 0 aromatic carbocycles. The first-order chi connectivity index (χ1) is 8.70. The molecule has 1 atom stereocenters. The number of oxime groups is 1. The van der Waals surface area contributed by atoms with Crippen molar-refractivity contribution in [1.29, 1.82) is 0 Å².